The summed E-state index contributed by atoms with van der Waals surface area (Å²) in [5, 5.41) is 0. The third-order valence-electron chi connectivity index (χ3n) is 4.09. The Morgan fingerprint density at radius 2 is 1.80 bits per heavy atom. The highest BCUT2D eigenvalue weighted by molar-refractivity contribution is 7.89. The second-order valence-corrected chi connectivity index (χ2v) is 7.35. The molecular formula is C14H18N2O3S. The Kier molecular flexibility index (Phi) is 3.40. The lowest BCUT2D eigenvalue weighted by molar-refractivity contribution is -0.128. The van der Waals surface area contributed by atoms with Gasteiger partial charge in [-0.05, 0) is 19.1 Å². The fourth-order valence-electron chi connectivity index (χ4n) is 2.86. The molecule has 1 aromatic carbocycles. The van der Waals surface area contributed by atoms with Gasteiger partial charge in [0.1, 0.15) is 0 Å². The van der Waals surface area contributed by atoms with E-state index in [1.165, 1.54) is 4.31 Å². The van der Waals surface area contributed by atoms with Crippen LogP contribution in [0.4, 0.5) is 0 Å². The third-order valence-corrected chi connectivity index (χ3v) is 6.01. The minimum atomic E-state index is -3.58. The lowest BCUT2D eigenvalue weighted by Crippen LogP contribution is -2.61. The van der Waals surface area contributed by atoms with Crippen molar-refractivity contribution in [3.63, 3.8) is 0 Å². The largest absolute Gasteiger partial charge is 0.300 e. The number of sulfonamides is 1. The van der Waals surface area contributed by atoms with Crippen LogP contribution >= 0.6 is 0 Å². The van der Waals surface area contributed by atoms with Gasteiger partial charge in [0.2, 0.25) is 10.0 Å². The molecule has 2 heterocycles. The molecule has 2 bridgehead atoms. The molecular weight excluding hydrogens is 276 g/mol. The first kappa shape index (κ1) is 13.7. The highest BCUT2D eigenvalue weighted by Gasteiger charge is 2.42. The lowest BCUT2D eigenvalue weighted by atomic mass is 10.0. The van der Waals surface area contributed by atoms with Gasteiger partial charge in [-0.3, -0.25) is 9.69 Å². The van der Waals surface area contributed by atoms with E-state index in [4.69, 9.17) is 0 Å². The molecule has 0 aliphatic carbocycles. The molecule has 20 heavy (non-hydrogen) atoms. The van der Waals surface area contributed by atoms with Crippen LogP contribution in [0.25, 0.3) is 0 Å². The Labute approximate surface area is 119 Å². The summed E-state index contributed by atoms with van der Waals surface area (Å²) in [7, 11) is -3.58. The molecule has 5 nitrogen and oxygen atoms in total. The van der Waals surface area contributed by atoms with Crippen LogP contribution in [0, 0.1) is 6.92 Å². The molecule has 0 amide bonds. The van der Waals surface area contributed by atoms with Gasteiger partial charge in [0.25, 0.3) is 0 Å². The molecule has 2 aliphatic heterocycles. The molecule has 0 radical (unpaired) electrons. The minimum absolute atomic E-state index is 0.0386. The second kappa shape index (κ2) is 4.95. The Hall–Kier alpha value is -1.24. The molecule has 0 saturated carbocycles. The maximum Gasteiger partial charge on any atom is 0.243 e. The van der Waals surface area contributed by atoms with Gasteiger partial charge < -0.3 is 0 Å². The van der Waals surface area contributed by atoms with Crippen molar-refractivity contribution < 1.29 is 13.2 Å². The van der Waals surface area contributed by atoms with E-state index in [-0.39, 0.29) is 10.7 Å². The number of nitrogens with zero attached hydrogens (tertiary/aromatic N) is 2. The summed E-state index contributed by atoms with van der Waals surface area (Å²) in [5.41, 5.74) is 1.02. The van der Waals surface area contributed by atoms with E-state index in [0.717, 1.165) is 12.1 Å². The molecule has 0 spiro atoms. The zero-order valence-electron chi connectivity index (χ0n) is 11.4. The lowest BCUT2D eigenvalue weighted by Gasteiger charge is -2.42. The number of fused-ring (bicyclic) bond motifs is 2. The molecule has 6 heteroatoms. The number of piperidine rings is 1. The van der Waals surface area contributed by atoms with E-state index < -0.39 is 16.1 Å². The van der Waals surface area contributed by atoms with Crippen molar-refractivity contribution >= 4 is 15.8 Å². The number of carbonyl (C=O) groups excluding carboxylic acids is 1. The van der Waals surface area contributed by atoms with E-state index in [1.807, 2.05) is 6.92 Å². The summed E-state index contributed by atoms with van der Waals surface area (Å²) in [6.45, 7) is 4.30. The summed E-state index contributed by atoms with van der Waals surface area (Å²) in [5.74, 6) is 0.0386. The van der Waals surface area contributed by atoms with E-state index in [1.54, 1.807) is 24.3 Å². The van der Waals surface area contributed by atoms with Crippen molar-refractivity contribution in [3.05, 3.63) is 29.8 Å². The van der Waals surface area contributed by atoms with Crippen LogP contribution in [0.3, 0.4) is 0 Å². The number of carbonyl (C=O) groups is 1. The predicted molar refractivity (Wildman–Crippen MR) is 74.9 cm³/mol. The first-order valence-corrected chi connectivity index (χ1v) is 8.26. The Bertz CT molecular complexity index is 624. The molecule has 3 rings (SSSR count). The summed E-state index contributed by atoms with van der Waals surface area (Å²) in [6.07, 6.45) is 0.449. The predicted octanol–water partition coefficient (Wildman–Crippen LogP) is 0.643. The van der Waals surface area contributed by atoms with E-state index in [9.17, 15) is 13.2 Å². The summed E-state index contributed by atoms with van der Waals surface area (Å²) >= 11 is 0. The summed E-state index contributed by atoms with van der Waals surface area (Å²) < 4.78 is 26.8. The average Bonchev–Trinajstić information content (AvgIpc) is 2.44. The first-order chi connectivity index (χ1) is 9.48. The SMILES string of the molecule is Cc1ccc(S(=O)(=O)N2CCN3CCC(=O)[C@@H]2C3)cc1. The monoisotopic (exact) mass is 294 g/mol. The summed E-state index contributed by atoms with van der Waals surface area (Å²) in [6, 6.07) is 6.29. The van der Waals surface area contributed by atoms with E-state index in [2.05, 4.69) is 4.90 Å². The van der Waals surface area contributed by atoms with Crippen molar-refractivity contribution in [2.45, 2.75) is 24.3 Å². The van der Waals surface area contributed by atoms with Crippen LogP contribution in [0.5, 0.6) is 0 Å². The first-order valence-electron chi connectivity index (χ1n) is 6.82. The summed E-state index contributed by atoms with van der Waals surface area (Å²) in [4.78, 5) is 14.4. The second-order valence-electron chi connectivity index (χ2n) is 5.46. The van der Waals surface area contributed by atoms with Crippen LogP contribution < -0.4 is 0 Å². The number of benzene rings is 1. The van der Waals surface area contributed by atoms with Gasteiger partial charge in [-0.25, -0.2) is 8.42 Å². The molecule has 108 valence electrons. The van der Waals surface area contributed by atoms with Crippen molar-refractivity contribution in [2.24, 2.45) is 0 Å². The minimum Gasteiger partial charge on any atom is -0.300 e. The Morgan fingerprint density at radius 1 is 1.10 bits per heavy atom. The number of aryl methyl sites for hydroxylation is 1. The molecule has 1 aromatic rings. The van der Waals surface area contributed by atoms with E-state index in [0.29, 0.717) is 26.1 Å². The van der Waals surface area contributed by atoms with Crippen molar-refractivity contribution in [2.75, 3.05) is 26.2 Å². The topological polar surface area (TPSA) is 57.7 Å². The maximum atomic E-state index is 12.7. The van der Waals surface area contributed by atoms with Crippen LogP contribution in [0.15, 0.2) is 29.2 Å². The zero-order valence-corrected chi connectivity index (χ0v) is 12.3. The molecule has 0 aromatic heterocycles. The van der Waals surface area contributed by atoms with Gasteiger partial charge in [0.05, 0.1) is 10.9 Å². The Balaban J connectivity index is 1.94. The number of hydrogen-bond acceptors (Lipinski definition) is 4. The smallest absolute Gasteiger partial charge is 0.243 e. The van der Waals surface area contributed by atoms with Gasteiger partial charge in [-0.15, -0.1) is 0 Å². The van der Waals surface area contributed by atoms with Crippen molar-refractivity contribution in [3.8, 4) is 0 Å². The number of rotatable bonds is 2. The van der Waals surface area contributed by atoms with Crippen LogP contribution in [-0.4, -0.2) is 55.6 Å². The number of piperazine rings is 1. The highest BCUT2D eigenvalue weighted by Crippen LogP contribution is 2.25. The average molecular weight is 294 g/mol. The fourth-order valence-corrected chi connectivity index (χ4v) is 4.45. The molecule has 2 fully saturated rings. The highest BCUT2D eigenvalue weighted by atomic mass is 32.2. The van der Waals surface area contributed by atoms with E-state index >= 15 is 0 Å². The van der Waals surface area contributed by atoms with Crippen LogP contribution in [-0.2, 0) is 14.8 Å². The number of ketones is 1. The number of Topliss-reactive ketones (excluding diaryl/α,β-unsaturated/α-hetero) is 1. The molecule has 2 atom stereocenters. The number of hydrogen-bond donors (Lipinski definition) is 0. The quantitative estimate of drug-likeness (QED) is 0.803. The standard InChI is InChI=1S/C14H18N2O3S/c1-11-2-4-12(5-3-11)20(18,19)16-9-8-15-7-6-14(17)13(16)10-15/h2-5,13H,6-10H2,1H3/t13-/m0/s1. The van der Waals surface area contributed by atoms with Crippen LogP contribution in [0.2, 0.25) is 0 Å². The van der Waals surface area contributed by atoms with Crippen molar-refractivity contribution in [1.82, 2.24) is 9.21 Å². The van der Waals surface area contributed by atoms with Gasteiger partial charge in [-0.2, -0.15) is 4.31 Å². The fraction of sp³-hybridized carbons (Fsp3) is 0.500. The molecule has 1 unspecified atom stereocenters. The molecule has 2 saturated heterocycles. The van der Waals surface area contributed by atoms with Gasteiger partial charge in [0.15, 0.2) is 5.78 Å². The maximum absolute atomic E-state index is 12.7. The van der Waals surface area contributed by atoms with Gasteiger partial charge in [-0.1, -0.05) is 17.7 Å². The zero-order chi connectivity index (χ0) is 14.3. The van der Waals surface area contributed by atoms with Gasteiger partial charge in [0, 0.05) is 32.6 Å². The third kappa shape index (κ3) is 2.28. The van der Waals surface area contributed by atoms with Crippen molar-refractivity contribution in [1.29, 1.82) is 0 Å². The Morgan fingerprint density at radius 3 is 2.50 bits per heavy atom. The normalized spacial score (nSPS) is 27.6. The van der Waals surface area contributed by atoms with Crippen LogP contribution in [0.1, 0.15) is 12.0 Å². The molecule has 0 N–H and O–H groups in total. The van der Waals surface area contributed by atoms with Gasteiger partial charge >= 0.3 is 0 Å². The molecule has 2 aliphatic rings.